The SMILES string of the molecule is C[NH+](CC(=O)N1CCN(c2ncccn2)CC1)Cc1ccc(OC(F)F)cc1. The standard InChI is InChI=1S/C19H23F2N5O2/c1-24(13-15-3-5-16(6-4-15)28-18(20)21)14-17(27)25-9-11-26(12-10-25)19-22-7-2-8-23-19/h2-8,18H,9-14H2,1H3/p+1. The number of alkyl halides is 2. The number of ether oxygens (including phenoxy) is 1. The highest BCUT2D eigenvalue weighted by Crippen LogP contribution is 2.14. The van der Waals surface area contributed by atoms with Gasteiger partial charge in [-0.15, -0.1) is 0 Å². The molecule has 1 N–H and O–H groups in total. The van der Waals surface area contributed by atoms with Crippen LogP contribution in [0.3, 0.4) is 0 Å². The predicted molar refractivity (Wildman–Crippen MR) is 99.4 cm³/mol. The smallest absolute Gasteiger partial charge is 0.387 e. The first-order valence-electron chi connectivity index (χ1n) is 9.16. The molecule has 1 amide bonds. The number of hydrogen-bond acceptors (Lipinski definition) is 5. The van der Waals surface area contributed by atoms with Crippen LogP contribution in [0.25, 0.3) is 0 Å². The molecule has 1 unspecified atom stereocenters. The lowest BCUT2D eigenvalue weighted by molar-refractivity contribution is -0.885. The van der Waals surface area contributed by atoms with Crippen LogP contribution in [0.1, 0.15) is 5.56 Å². The number of aromatic nitrogens is 2. The number of likely N-dealkylation sites (N-methyl/N-ethyl adjacent to an activating group) is 1. The second-order valence-electron chi connectivity index (χ2n) is 6.75. The summed E-state index contributed by atoms with van der Waals surface area (Å²) in [6.45, 7) is 0.871. The number of amides is 1. The van der Waals surface area contributed by atoms with E-state index in [0.29, 0.717) is 45.2 Å². The van der Waals surface area contributed by atoms with Crippen molar-refractivity contribution in [1.29, 1.82) is 0 Å². The van der Waals surface area contributed by atoms with Gasteiger partial charge in [0.05, 0.1) is 7.05 Å². The van der Waals surface area contributed by atoms with Crippen LogP contribution in [0.5, 0.6) is 5.75 Å². The molecule has 0 spiro atoms. The van der Waals surface area contributed by atoms with Crippen LogP contribution < -0.4 is 14.5 Å². The maximum absolute atomic E-state index is 12.6. The van der Waals surface area contributed by atoms with Gasteiger partial charge in [0, 0.05) is 44.1 Å². The van der Waals surface area contributed by atoms with E-state index < -0.39 is 6.61 Å². The van der Waals surface area contributed by atoms with Crippen molar-refractivity contribution in [1.82, 2.24) is 14.9 Å². The van der Waals surface area contributed by atoms with Gasteiger partial charge >= 0.3 is 6.61 Å². The van der Waals surface area contributed by atoms with Gasteiger partial charge in [0.15, 0.2) is 6.54 Å². The largest absolute Gasteiger partial charge is 0.435 e. The molecule has 1 aromatic carbocycles. The molecule has 3 rings (SSSR count). The van der Waals surface area contributed by atoms with Gasteiger partial charge in [-0.1, -0.05) is 0 Å². The number of rotatable bonds is 7. The fourth-order valence-corrected chi connectivity index (χ4v) is 3.18. The first-order valence-corrected chi connectivity index (χ1v) is 9.16. The number of carbonyl (C=O) groups is 1. The average molecular weight is 392 g/mol. The zero-order chi connectivity index (χ0) is 19.9. The molecule has 28 heavy (non-hydrogen) atoms. The fourth-order valence-electron chi connectivity index (χ4n) is 3.18. The molecule has 0 bridgehead atoms. The van der Waals surface area contributed by atoms with Crippen molar-refractivity contribution in [3.63, 3.8) is 0 Å². The fraction of sp³-hybridized carbons (Fsp3) is 0.421. The monoisotopic (exact) mass is 392 g/mol. The molecular formula is C19H24F2N5O2+. The van der Waals surface area contributed by atoms with E-state index in [1.807, 2.05) is 11.9 Å². The van der Waals surface area contributed by atoms with Gasteiger partial charge in [0.1, 0.15) is 12.3 Å². The van der Waals surface area contributed by atoms with E-state index in [1.54, 1.807) is 30.6 Å². The van der Waals surface area contributed by atoms with E-state index in [0.717, 1.165) is 10.5 Å². The van der Waals surface area contributed by atoms with Gasteiger partial charge in [0.25, 0.3) is 5.91 Å². The molecule has 1 aromatic heterocycles. The first-order chi connectivity index (χ1) is 13.5. The number of quaternary nitrogens is 1. The van der Waals surface area contributed by atoms with Crippen molar-refractivity contribution in [2.45, 2.75) is 13.2 Å². The minimum atomic E-state index is -2.83. The molecule has 2 aromatic rings. The van der Waals surface area contributed by atoms with Crippen LogP contribution in [0, 0.1) is 0 Å². The predicted octanol–water partition coefficient (Wildman–Crippen LogP) is 0.442. The summed E-state index contributed by atoms with van der Waals surface area (Å²) in [5.41, 5.74) is 0.956. The van der Waals surface area contributed by atoms with Crippen LogP contribution in [-0.4, -0.2) is 67.2 Å². The number of carbonyl (C=O) groups excluding carboxylic acids is 1. The molecule has 7 nitrogen and oxygen atoms in total. The van der Waals surface area contributed by atoms with E-state index in [4.69, 9.17) is 0 Å². The van der Waals surface area contributed by atoms with E-state index in [-0.39, 0.29) is 11.7 Å². The minimum absolute atomic E-state index is 0.101. The maximum Gasteiger partial charge on any atom is 0.387 e. The third-order valence-corrected chi connectivity index (χ3v) is 4.57. The molecule has 1 aliphatic heterocycles. The van der Waals surface area contributed by atoms with Gasteiger partial charge in [-0.25, -0.2) is 9.97 Å². The van der Waals surface area contributed by atoms with Crippen LogP contribution in [-0.2, 0) is 11.3 Å². The Balaban J connectivity index is 1.44. The highest BCUT2D eigenvalue weighted by molar-refractivity contribution is 5.77. The summed E-state index contributed by atoms with van der Waals surface area (Å²) < 4.78 is 28.7. The molecule has 1 fully saturated rings. The molecule has 1 saturated heterocycles. The zero-order valence-corrected chi connectivity index (χ0v) is 15.7. The highest BCUT2D eigenvalue weighted by Gasteiger charge is 2.24. The third kappa shape index (κ3) is 5.59. The molecule has 1 atom stereocenters. The van der Waals surface area contributed by atoms with E-state index in [9.17, 15) is 13.6 Å². The van der Waals surface area contributed by atoms with Crippen molar-refractivity contribution in [2.75, 3.05) is 44.7 Å². The maximum atomic E-state index is 12.6. The summed E-state index contributed by atoms with van der Waals surface area (Å²) in [6, 6.07) is 8.29. The van der Waals surface area contributed by atoms with Crippen LogP contribution in [0.2, 0.25) is 0 Å². The van der Waals surface area contributed by atoms with E-state index >= 15 is 0 Å². The second-order valence-corrected chi connectivity index (χ2v) is 6.75. The lowest BCUT2D eigenvalue weighted by atomic mass is 10.2. The van der Waals surface area contributed by atoms with Gasteiger partial charge in [-0.05, 0) is 30.3 Å². The summed E-state index contributed by atoms with van der Waals surface area (Å²) in [5.74, 6) is 0.924. The Kier molecular flexibility index (Phi) is 6.70. The van der Waals surface area contributed by atoms with Crippen molar-refractivity contribution < 1.29 is 23.2 Å². The van der Waals surface area contributed by atoms with Crippen LogP contribution in [0.4, 0.5) is 14.7 Å². The highest BCUT2D eigenvalue weighted by atomic mass is 19.3. The topological polar surface area (TPSA) is 63.0 Å². The number of anilines is 1. The number of piperazine rings is 1. The third-order valence-electron chi connectivity index (χ3n) is 4.57. The lowest BCUT2D eigenvalue weighted by Gasteiger charge is -2.34. The quantitative estimate of drug-likeness (QED) is 0.741. The Bertz CT molecular complexity index is 753. The summed E-state index contributed by atoms with van der Waals surface area (Å²) in [6.07, 6.45) is 3.43. The Hall–Kier alpha value is -2.81. The van der Waals surface area contributed by atoms with Crippen molar-refractivity contribution in [3.8, 4) is 5.75 Å². The van der Waals surface area contributed by atoms with Gasteiger partial charge in [-0.3, -0.25) is 4.79 Å². The van der Waals surface area contributed by atoms with E-state index in [2.05, 4.69) is 19.6 Å². The van der Waals surface area contributed by atoms with Crippen LogP contribution >= 0.6 is 0 Å². The molecule has 1 aliphatic rings. The lowest BCUT2D eigenvalue weighted by Crippen LogP contribution is -3.09. The van der Waals surface area contributed by atoms with Gasteiger partial charge < -0.3 is 19.4 Å². The minimum Gasteiger partial charge on any atom is -0.435 e. The summed E-state index contributed by atoms with van der Waals surface area (Å²) >= 11 is 0. The Morgan fingerprint density at radius 3 is 2.39 bits per heavy atom. The summed E-state index contributed by atoms with van der Waals surface area (Å²) in [4.78, 5) is 26.0. The Morgan fingerprint density at radius 1 is 1.14 bits per heavy atom. The number of nitrogens with zero attached hydrogens (tertiary/aromatic N) is 4. The Morgan fingerprint density at radius 2 is 1.79 bits per heavy atom. The number of hydrogen-bond donors (Lipinski definition) is 1. The number of nitrogens with one attached hydrogen (secondary N) is 1. The molecule has 9 heteroatoms. The normalized spacial score (nSPS) is 15.6. The molecule has 0 aliphatic carbocycles. The summed E-state index contributed by atoms with van der Waals surface area (Å²) in [5, 5.41) is 0. The Labute approximate surface area is 162 Å². The average Bonchev–Trinajstić information content (AvgIpc) is 2.70. The van der Waals surface area contributed by atoms with E-state index in [1.165, 1.54) is 12.1 Å². The van der Waals surface area contributed by atoms with Gasteiger partial charge in [0.2, 0.25) is 5.95 Å². The van der Waals surface area contributed by atoms with Crippen molar-refractivity contribution in [2.24, 2.45) is 0 Å². The molecular weight excluding hydrogens is 368 g/mol. The molecule has 0 radical (unpaired) electrons. The van der Waals surface area contributed by atoms with Crippen molar-refractivity contribution >= 4 is 11.9 Å². The molecule has 2 heterocycles. The zero-order valence-electron chi connectivity index (χ0n) is 15.7. The van der Waals surface area contributed by atoms with Crippen molar-refractivity contribution in [3.05, 3.63) is 48.3 Å². The molecule has 0 saturated carbocycles. The van der Waals surface area contributed by atoms with Gasteiger partial charge in [-0.2, -0.15) is 8.78 Å². The summed E-state index contributed by atoms with van der Waals surface area (Å²) in [7, 11) is 1.94. The van der Waals surface area contributed by atoms with Crippen LogP contribution in [0.15, 0.2) is 42.7 Å². The molecule has 150 valence electrons. The first kappa shape index (κ1) is 19.9. The number of halogens is 2. The second kappa shape index (κ2) is 9.41. The number of benzene rings is 1.